The topological polar surface area (TPSA) is 0 Å². The molecule has 60 valence electrons. The van der Waals surface area contributed by atoms with Crippen LogP contribution in [0.1, 0.15) is 46.5 Å². The van der Waals surface area contributed by atoms with E-state index in [1.165, 1.54) is 25.7 Å². The Morgan fingerprint density at radius 1 is 1.20 bits per heavy atom. The monoisotopic (exact) mass is 140 g/mol. The molecule has 0 heterocycles. The summed E-state index contributed by atoms with van der Waals surface area (Å²) in [4.78, 5) is 0. The van der Waals surface area contributed by atoms with Crippen LogP contribution in [0.4, 0.5) is 0 Å². The van der Waals surface area contributed by atoms with Gasteiger partial charge in [0.05, 0.1) is 0 Å². The Morgan fingerprint density at radius 2 is 1.90 bits per heavy atom. The van der Waals surface area contributed by atoms with Crippen molar-refractivity contribution < 1.29 is 0 Å². The van der Waals surface area contributed by atoms with Gasteiger partial charge in [-0.25, -0.2) is 0 Å². The molecule has 0 heteroatoms. The molecule has 10 heavy (non-hydrogen) atoms. The van der Waals surface area contributed by atoms with Crippen molar-refractivity contribution in [2.75, 3.05) is 0 Å². The third-order valence-electron chi connectivity index (χ3n) is 2.94. The molecule has 3 unspecified atom stereocenters. The summed E-state index contributed by atoms with van der Waals surface area (Å²) in [6.07, 6.45) is 5.81. The Labute approximate surface area is 65.0 Å². The van der Waals surface area contributed by atoms with E-state index >= 15 is 0 Å². The van der Waals surface area contributed by atoms with Crippen LogP contribution in [0.15, 0.2) is 0 Å². The highest BCUT2D eigenvalue weighted by Crippen LogP contribution is 2.38. The first-order chi connectivity index (χ1) is 4.74. The summed E-state index contributed by atoms with van der Waals surface area (Å²) in [7, 11) is 0. The molecule has 0 saturated heterocycles. The van der Waals surface area contributed by atoms with Crippen LogP contribution in [-0.2, 0) is 0 Å². The maximum atomic E-state index is 2.42. The van der Waals surface area contributed by atoms with Crippen molar-refractivity contribution in [3.8, 4) is 0 Å². The normalized spacial score (nSPS) is 40.5. The van der Waals surface area contributed by atoms with E-state index in [-0.39, 0.29) is 0 Å². The van der Waals surface area contributed by atoms with Crippen LogP contribution in [0.2, 0.25) is 0 Å². The van der Waals surface area contributed by atoms with Crippen molar-refractivity contribution in [1.82, 2.24) is 0 Å². The molecule has 0 aromatic carbocycles. The first-order valence-electron chi connectivity index (χ1n) is 4.74. The predicted molar refractivity (Wildman–Crippen MR) is 46.0 cm³/mol. The molecule has 0 nitrogen and oxygen atoms in total. The second-order valence-corrected chi connectivity index (χ2v) is 4.10. The minimum Gasteiger partial charge on any atom is -0.0654 e. The lowest BCUT2D eigenvalue weighted by atomic mass is 9.94. The highest BCUT2D eigenvalue weighted by molar-refractivity contribution is 4.78. The van der Waals surface area contributed by atoms with Crippen LogP contribution in [0.25, 0.3) is 0 Å². The maximum Gasteiger partial charge on any atom is -0.0386 e. The average molecular weight is 140 g/mol. The second-order valence-electron chi connectivity index (χ2n) is 4.10. The molecule has 1 saturated carbocycles. The Balaban J connectivity index is 2.31. The molecule has 1 rings (SSSR count). The molecule has 0 N–H and O–H groups in total. The maximum absolute atomic E-state index is 2.42. The Bertz CT molecular complexity index is 96.2. The molecule has 0 aromatic heterocycles. The minimum atomic E-state index is 1.01. The zero-order chi connectivity index (χ0) is 7.56. The van der Waals surface area contributed by atoms with Crippen molar-refractivity contribution in [2.45, 2.75) is 46.5 Å². The summed E-state index contributed by atoms with van der Waals surface area (Å²) < 4.78 is 0. The fraction of sp³-hybridized carbons (Fsp3) is 1.00. The van der Waals surface area contributed by atoms with E-state index in [4.69, 9.17) is 0 Å². The highest BCUT2D eigenvalue weighted by Gasteiger charge is 2.27. The van der Waals surface area contributed by atoms with Crippen LogP contribution in [0.5, 0.6) is 0 Å². The molecule has 0 spiro atoms. The van der Waals surface area contributed by atoms with Crippen LogP contribution < -0.4 is 0 Å². The molecule has 0 radical (unpaired) electrons. The van der Waals surface area contributed by atoms with Gasteiger partial charge < -0.3 is 0 Å². The van der Waals surface area contributed by atoms with Crippen molar-refractivity contribution in [2.24, 2.45) is 17.8 Å². The lowest BCUT2D eigenvalue weighted by Crippen LogP contribution is -2.02. The fourth-order valence-corrected chi connectivity index (χ4v) is 2.45. The smallest absolute Gasteiger partial charge is 0.0386 e. The van der Waals surface area contributed by atoms with Gasteiger partial charge in [-0.1, -0.05) is 33.6 Å². The van der Waals surface area contributed by atoms with E-state index in [9.17, 15) is 0 Å². The lowest BCUT2D eigenvalue weighted by molar-refractivity contribution is 0.387. The van der Waals surface area contributed by atoms with Gasteiger partial charge in [-0.2, -0.15) is 0 Å². The molecule has 3 atom stereocenters. The van der Waals surface area contributed by atoms with Crippen molar-refractivity contribution in [1.29, 1.82) is 0 Å². The van der Waals surface area contributed by atoms with E-state index in [1.54, 1.807) is 0 Å². The van der Waals surface area contributed by atoms with Crippen molar-refractivity contribution >= 4 is 0 Å². The average Bonchev–Trinajstić information content (AvgIpc) is 2.13. The van der Waals surface area contributed by atoms with Gasteiger partial charge in [0.1, 0.15) is 0 Å². The highest BCUT2D eigenvalue weighted by atomic mass is 14.3. The largest absolute Gasteiger partial charge is 0.0654 e. The van der Waals surface area contributed by atoms with Crippen LogP contribution >= 0.6 is 0 Å². The van der Waals surface area contributed by atoms with E-state index in [1.807, 2.05) is 0 Å². The summed E-state index contributed by atoms with van der Waals surface area (Å²) in [5.41, 5.74) is 0. The summed E-state index contributed by atoms with van der Waals surface area (Å²) >= 11 is 0. The van der Waals surface area contributed by atoms with Gasteiger partial charge in [0.15, 0.2) is 0 Å². The molecule has 1 aliphatic rings. The first kappa shape index (κ1) is 8.10. The molecule has 1 aliphatic carbocycles. The van der Waals surface area contributed by atoms with Gasteiger partial charge in [0.25, 0.3) is 0 Å². The molecule has 0 amide bonds. The Morgan fingerprint density at radius 3 is 2.30 bits per heavy atom. The molecular formula is C10H20. The minimum absolute atomic E-state index is 1.01. The molecule has 0 bridgehead atoms. The zero-order valence-corrected chi connectivity index (χ0v) is 7.56. The predicted octanol–water partition coefficient (Wildman–Crippen LogP) is 3.47. The van der Waals surface area contributed by atoms with E-state index in [0.29, 0.717) is 0 Å². The van der Waals surface area contributed by atoms with Crippen molar-refractivity contribution in [3.05, 3.63) is 0 Å². The Hall–Kier alpha value is 0. The second kappa shape index (κ2) is 3.41. The standard InChI is InChI=1S/C10H20/c1-4-5-10-7-8(2)6-9(10)3/h8-10H,4-7H2,1-3H3. The van der Waals surface area contributed by atoms with Gasteiger partial charge in [-0.05, 0) is 30.6 Å². The van der Waals surface area contributed by atoms with Gasteiger partial charge >= 0.3 is 0 Å². The van der Waals surface area contributed by atoms with Crippen LogP contribution in [0.3, 0.4) is 0 Å². The molecule has 0 aromatic rings. The third-order valence-corrected chi connectivity index (χ3v) is 2.94. The van der Waals surface area contributed by atoms with Gasteiger partial charge in [-0.3, -0.25) is 0 Å². The van der Waals surface area contributed by atoms with Crippen LogP contribution in [0, 0.1) is 17.8 Å². The molecular weight excluding hydrogens is 120 g/mol. The van der Waals surface area contributed by atoms with Gasteiger partial charge in [0.2, 0.25) is 0 Å². The Kier molecular flexibility index (Phi) is 2.76. The SMILES string of the molecule is CCCC1CC(C)CC1C. The van der Waals surface area contributed by atoms with Crippen LogP contribution in [-0.4, -0.2) is 0 Å². The quantitative estimate of drug-likeness (QED) is 0.551. The lowest BCUT2D eigenvalue weighted by Gasteiger charge is -2.12. The summed E-state index contributed by atoms with van der Waals surface area (Å²) in [5.74, 6) is 3.07. The first-order valence-corrected chi connectivity index (χ1v) is 4.74. The number of hydrogen-bond donors (Lipinski definition) is 0. The fourth-order valence-electron chi connectivity index (χ4n) is 2.45. The number of hydrogen-bond acceptors (Lipinski definition) is 0. The van der Waals surface area contributed by atoms with E-state index < -0.39 is 0 Å². The molecule has 1 fully saturated rings. The van der Waals surface area contributed by atoms with Crippen molar-refractivity contribution in [3.63, 3.8) is 0 Å². The summed E-state index contributed by atoms with van der Waals surface area (Å²) in [6, 6.07) is 0. The van der Waals surface area contributed by atoms with Gasteiger partial charge in [0, 0.05) is 0 Å². The number of rotatable bonds is 2. The zero-order valence-electron chi connectivity index (χ0n) is 7.56. The third kappa shape index (κ3) is 1.74. The van der Waals surface area contributed by atoms with E-state index in [2.05, 4.69) is 20.8 Å². The van der Waals surface area contributed by atoms with E-state index in [0.717, 1.165) is 17.8 Å². The summed E-state index contributed by atoms with van der Waals surface area (Å²) in [6.45, 7) is 7.12. The summed E-state index contributed by atoms with van der Waals surface area (Å²) in [5, 5.41) is 0. The van der Waals surface area contributed by atoms with Gasteiger partial charge in [-0.15, -0.1) is 0 Å². The molecule has 0 aliphatic heterocycles.